The topological polar surface area (TPSA) is 46.5 Å². The minimum Gasteiger partial charge on any atom is -0.466 e. The van der Waals surface area contributed by atoms with Crippen LogP contribution in [0.1, 0.15) is 31.8 Å². The Morgan fingerprint density at radius 1 is 1.53 bits per heavy atom. The summed E-state index contributed by atoms with van der Waals surface area (Å²) in [5.74, 6) is -0.815. The van der Waals surface area contributed by atoms with Crippen LogP contribution in [0.15, 0.2) is 15.9 Å². The predicted octanol–water partition coefficient (Wildman–Crippen LogP) is 3.38. The smallest absolute Gasteiger partial charge is 0.312 e. The summed E-state index contributed by atoms with van der Waals surface area (Å²) in [5, 5.41) is 10.2. The number of aliphatic hydroxyl groups is 1. The van der Waals surface area contributed by atoms with Gasteiger partial charge in [0, 0.05) is 4.88 Å². The van der Waals surface area contributed by atoms with Crippen LogP contribution in [0.4, 0.5) is 0 Å². The van der Waals surface area contributed by atoms with Crippen molar-refractivity contribution in [3.63, 3.8) is 0 Å². The average molecular weight is 321 g/mol. The number of hydrogen-bond acceptors (Lipinski definition) is 4. The third-order valence-electron chi connectivity index (χ3n) is 2.50. The predicted molar refractivity (Wildman–Crippen MR) is 71.9 cm³/mol. The van der Waals surface area contributed by atoms with Crippen molar-refractivity contribution in [2.75, 3.05) is 6.61 Å². The van der Waals surface area contributed by atoms with Gasteiger partial charge in [-0.1, -0.05) is 13.8 Å². The molecule has 0 bridgehead atoms. The lowest BCUT2D eigenvalue weighted by molar-refractivity contribution is -0.154. The molecular formula is C12H17BrO3S. The van der Waals surface area contributed by atoms with Gasteiger partial charge in [-0.05, 0) is 40.9 Å². The molecule has 5 heteroatoms. The average Bonchev–Trinajstić information content (AvgIpc) is 2.64. The van der Waals surface area contributed by atoms with Crippen molar-refractivity contribution < 1.29 is 14.6 Å². The van der Waals surface area contributed by atoms with Gasteiger partial charge in [0.05, 0.1) is 16.3 Å². The molecule has 0 fully saturated rings. The maximum Gasteiger partial charge on any atom is 0.312 e. The third kappa shape index (κ3) is 3.79. The van der Waals surface area contributed by atoms with E-state index in [0.29, 0.717) is 6.61 Å². The highest BCUT2D eigenvalue weighted by atomic mass is 79.9. The molecule has 0 amide bonds. The number of thiophene rings is 1. The molecule has 0 aliphatic rings. The summed E-state index contributed by atoms with van der Waals surface area (Å²) in [6, 6.07) is 3.69. The molecule has 0 spiro atoms. The monoisotopic (exact) mass is 320 g/mol. The molecule has 1 rings (SSSR count). The fourth-order valence-corrected chi connectivity index (χ4v) is 3.13. The minimum atomic E-state index is -0.801. The fraction of sp³-hybridized carbons (Fsp3) is 0.583. The minimum absolute atomic E-state index is 0.0323. The van der Waals surface area contributed by atoms with Crippen molar-refractivity contribution >= 4 is 33.2 Å². The summed E-state index contributed by atoms with van der Waals surface area (Å²) in [7, 11) is 0. The maximum atomic E-state index is 11.8. The van der Waals surface area contributed by atoms with E-state index in [4.69, 9.17) is 4.74 Å². The normalized spacial score (nSPS) is 14.7. The lowest BCUT2D eigenvalue weighted by Crippen LogP contribution is -2.28. The Morgan fingerprint density at radius 3 is 2.59 bits per heavy atom. The Bertz CT molecular complexity index is 376. The van der Waals surface area contributed by atoms with E-state index >= 15 is 0 Å². The summed E-state index contributed by atoms with van der Waals surface area (Å²) in [4.78, 5) is 12.6. The molecule has 3 nitrogen and oxygen atoms in total. The summed E-state index contributed by atoms with van der Waals surface area (Å²) in [5.41, 5.74) is 0. The van der Waals surface area contributed by atoms with Gasteiger partial charge in [-0.15, -0.1) is 11.3 Å². The molecule has 1 heterocycles. The number of aliphatic hydroxyl groups excluding tert-OH is 1. The highest BCUT2D eigenvalue weighted by molar-refractivity contribution is 9.11. The molecule has 1 aromatic rings. The number of hydrogen-bond donors (Lipinski definition) is 1. The molecule has 96 valence electrons. The Balaban J connectivity index is 2.87. The van der Waals surface area contributed by atoms with E-state index in [1.54, 1.807) is 6.92 Å². The molecule has 2 atom stereocenters. The van der Waals surface area contributed by atoms with Crippen LogP contribution in [-0.4, -0.2) is 17.7 Å². The molecular weight excluding hydrogens is 304 g/mol. The summed E-state index contributed by atoms with van der Waals surface area (Å²) in [6.45, 7) is 5.92. The van der Waals surface area contributed by atoms with Crippen LogP contribution >= 0.6 is 27.3 Å². The zero-order chi connectivity index (χ0) is 13.0. The van der Waals surface area contributed by atoms with Gasteiger partial charge in [0.1, 0.15) is 6.10 Å². The van der Waals surface area contributed by atoms with Gasteiger partial charge in [0.2, 0.25) is 0 Å². The second-order valence-electron chi connectivity index (χ2n) is 4.11. The molecule has 0 aliphatic heterocycles. The number of esters is 1. The lowest BCUT2D eigenvalue weighted by atomic mass is 9.89. The van der Waals surface area contributed by atoms with E-state index < -0.39 is 12.0 Å². The Labute approximate surface area is 114 Å². The first-order valence-corrected chi connectivity index (χ1v) is 7.18. The van der Waals surface area contributed by atoms with Crippen LogP contribution in [0.5, 0.6) is 0 Å². The molecule has 0 aromatic carbocycles. The first-order chi connectivity index (χ1) is 7.97. The van der Waals surface area contributed by atoms with E-state index in [-0.39, 0.29) is 11.9 Å². The largest absolute Gasteiger partial charge is 0.466 e. The number of ether oxygens (including phenoxy) is 1. The quantitative estimate of drug-likeness (QED) is 0.846. The van der Waals surface area contributed by atoms with Crippen molar-refractivity contribution in [2.24, 2.45) is 11.8 Å². The van der Waals surface area contributed by atoms with Crippen LogP contribution in [0.25, 0.3) is 0 Å². The molecule has 1 N–H and O–H groups in total. The molecule has 0 radical (unpaired) electrons. The molecule has 1 aromatic heterocycles. The van der Waals surface area contributed by atoms with Gasteiger partial charge >= 0.3 is 5.97 Å². The highest BCUT2D eigenvalue weighted by Gasteiger charge is 2.32. The summed E-state index contributed by atoms with van der Waals surface area (Å²) < 4.78 is 5.95. The van der Waals surface area contributed by atoms with Crippen LogP contribution in [0.2, 0.25) is 0 Å². The summed E-state index contributed by atoms with van der Waals surface area (Å²) >= 11 is 4.78. The fourth-order valence-electron chi connectivity index (χ4n) is 1.67. The van der Waals surface area contributed by atoms with Crippen LogP contribution in [-0.2, 0) is 9.53 Å². The lowest BCUT2D eigenvalue weighted by Gasteiger charge is -2.23. The molecule has 2 unspecified atom stereocenters. The number of halogens is 1. The van der Waals surface area contributed by atoms with Gasteiger partial charge in [-0.2, -0.15) is 0 Å². The van der Waals surface area contributed by atoms with Crippen molar-refractivity contribution in [1.82, 2.24) is 0 Å². The summed E-state index contributed by atoms with van der Waals surface area (Å²) in [6.07, 6.45) is -0.801. The van der Waals surface area contributed by atoms with Crippen molar-refractivity contribution in [2.45, 2.75) is 26.9 Å². The first-order valence-electron chi connectivity index (χ1n) is 5.57. The van der Waals surface area contributed by atoms with E-state index in [1.165, 1.54) is 11.3 Å². The van der Waals surface area contributed by atoms with Crippen LogP contribution in [0, 0.1) is 11.8 Å². The zero-order valence-corrected chi connectivity index (χ0v) is 12.5. The van der Waals surface area contributed by atoms with Crippen LogP contribution in [0.3, 0.4) is 0 Å². The van der Waals surface area contributed by atoms with Gasteiger partial charge in [0.15, 0.2) is 0 Å². The zero-order valence-electron chi connectivity index (χ0n) is 10.1. The SMILES string of the molecule is CCOC(=O)C(C(C)C)C(O)c1ccc(Br)s1. The van der Waals surface area contributed by atoms with Gasteiger partial charge < -0.3 is 9.84 Å². The number of rotatable bonds is 5. The Kier molecular flexibility index (Phi) is 5.62. The standard InChI is InChI=1S/C12H17BrO3S/c1-4-16-12(15)10(7(2)3)11(14)8-5-6-9(13)17-8/h5-7,10-11,14H,4H2,1-3H3. The van der Waals surface area contributed by atoms with Crippen LogP contribution < -0.4 is 0 Å². The van der Waals surface area contributed by atoms with E-state index in [1.807, 2.05) is 26.0 Å². The Hall–Kier alpha value is -0.390. The number of carbonyl (C=O) groups is 1. The van der Waals surface area contributed by atoms with E-state index in [2.05, 4.69) is 15.9 Å². The first kappa shape index (κ1) is 14.7. The second kappa shape index (κ2) is 6.52. The highest BCUT2D eigenvalue weighted by Crippen LogP contribution is 2.35. The molecule has 0 aliphatic carbocycles. The Morgan fingerprint density at radius 2 is 2.18 bits per heavy atom. The van der Waals surface area contributed by atoms with E-state index in [9.17, 15) is 9.90 Å². The third-order valence-corrected chi connectivity index (χ3v) is 4.20. The molecule has 17 heavy (non-hydrogen) atoms. The van der Waals surface area contributed by atoms with Crippen molar-refractivity contribution in [3.05, 3.63) is 20.8 Å². The molecule has 0 saturated carbocycles. The molecule has 0 saturated heterocycles. The van der Waals surface area contributed by atoms with Crippen molar-refractivity contribution in [3.8, 4) is 0 Å². The van der Waals surface area contributed by atoms with E-state index in [0.717, 1.165) is 8.66 Å². The van der Waals surface area contributed by atoms with Gasteiger partial charge in [-0.3, -0.25) is 4.79 Å². The van der Waals surface area contributed by atoms with Gasteiger partial charge in [0.25, 0.3) is 0 Å². The number of carbonyl (C=O) groups excluding carboxylic acids is 1. The van der Waals surface area contributed by atoms with Gasteiger partial charge in [-0.25, -0.2) is 0 Å². The maximum absolute atomic E-state index is 11.8. The second-order valence-corrected chi connectivity index (χ2v) is 6.60. The van der Waals surface area contributed by atoms with Crippen molar-refractivity contribution in [1.29, 1.82) is 0 Å².